The molecule has 0 saturated heterocycles. The molecule has 7 nitrogen and oxygen atoms in total. The summed E-state index contributed by atoms with van der Waals surface area (Å²) in [7, 11) is 0. The number of carbonyl (C=O) groups excluding carboxylic acids is 1. The van der Waals surface area contributed by atoms with Crippen LogP contribution in [0.25, 0.3) is 0 Å². The number of ether oxygens (including phenoxy) is 4. The van der Waals surface area contributed by atoms with Gasteiger partial charge in [0, 0.05) is 0 Å². The zero-order chi connectivity index (χ0) is 20.4. The van der Waals surface area contributed by atoms with Crippen LogP contribution in [-0.4, -0.2) is 56.7 Å². The summed E-state index contributed by atoms with van der Waals surface area (Å²) in [6, 6.07) is 0. The molecule has 0 spiro atoms. The number of hydrogen-bond donors (Lipinski definition) is 1. The number of halogens is 5. The van der Waals surface area contributed by atoms with Crippen molar-refractivity contribution in [3.8, 4) is 5.75 Å². The number of carbonyl (C=O) groups is 2. The van der Waals surface area contributed by atoms with Gasteiger partial charge in [0.05, 0.1) is 39.5 Å². The molecule has 0 saturated carbocycles. The van der Waals surface area contributed by atoms with Gasteiger partial charge in [-0.25, -0.2) is 18.0 Å². The van der Waals surface area contributed by atoms with E-state index in [1.54, 1.807) is 0 Å². The fourth-order valence-electron chi connectivity index (χ4n) is 1.59. The lowest BCUT2D eigenvalue weighted by molar-refractivity contribution is -0.143. The molecule has 0 unspecified atom stereocenters. The predicted octanol–water partition coefficient (Wildman–Crippen LogP) is 1.81. The molecule has 27 heavy (non-hydrogen) atoms. The first-order valence-corrected chi connectivity index (χ1v) is 7.42. The van der Waals surface area contributed by atoms with Crippen LogP contribution in [0.2, 0.25) is 0 Å². The maximum absolute atomic E-state index is 13.3. The second-order valence-electron chi connectivity index (χ2n) is 4.79. The van der Waals surface area contributed by atoms with Crippen LogP contribution in [-0.2, 0) is 23.8 Å². The minimum Gasteiger partial charge on any atom is -0.480 e. The molecular formula is C15H15F5O7. The Labute approximate surface area is 149 Å². The standard InChI is InChI=1S/C15H15F5O7/c16-10-11(17)13(19)15(14(20)12(10)18)27-9(23)1-2-24-3-4-25-5-6-26-7-8(21)22/h1-7H2,(H,21,22). The zero-order valence-electron chi connectivity index (χ0n) is 13.7. The molecule has 0 atom stereocenters. The molecule has 1 aromatic carbocycles. The molecule has 12 heteroatoms. The highest BCUT2D eigenvalue weighted by atomic mass is 19.2. The molecule has 0 radical (unpaired) electrons. The Bertz CT molecular complexity index is 639. The van der Waals surface area contributed by atoms with Crippen molar-refractivity contribution in [2.75, 3.05) is 39.6 Å². The highest BCUT2D eigenvalue weighted by Gasteiger charge is 2.28. The summed E-state index contributed by atoms with van der Waals surface area (Å²) >= 11 is 0. The monoisotopic (exact) mass is 402 g/mol. The Morgan fingerprint density at radius 3 is 1.67 bits per heavy atom. The fourth-order valence-corrected chi connectivity index (χ4v) is 1.59. The average molecular weight is 402 g/mol. The smallest absolute Gasteiger partial charge is 0.329 e. The summed E-state index contributed by atoms with van der Waals surface area (Å²) in [4.78, 5) is 21.6. The van der Waals surface area contributed by atoms with Crippen molar-refractivity contribution in [1.29, 1.82) is 0 Å². The van der Waals surface area contributed by atoms with Crippen LogP contribution in [0.4, 0.5) is 22.0 Å². The zero-order valence-corrected chi connectivity index (χ0v) is 13.7. The van der Waals surface area contributed by atoms with E-state index in [9.17, 15) is 31.5 Å². The van der Waals surface area contributed by atoms with Crippen molar-refractivity contribution in [1.82, 2.24) is 0 Å². The highest BCUT2D eigenvalue weighted by Crippen LogP contribution is 2.29. The van der Waals surface area contributed by atoms with E-state index < -0.39 is 59.8 Å². The SMILES string of the molecule is O=C(O)COCCOCCOCCC(=O)Oc1c(F)c(F)c(F)c(F)c1F. The van der Waals surface area contributed by atoms with Crippen molar-refractivity contribution in [3.05, 3.63) is 29.1 Å². The number of hydrogen-bond acceptors (Lipinski definition) is 6. The van der Waals surface area contributed by atoms with Gasteiger partial charge < -0.3 is 24.1 Å². The molecule has 0 aliphatic carbocycles. The maximum atomic E-state index is 13.3. The summed E-state index contributed by atoms with van der Waals surface area (Å²) in [6.45, 7) is -0.435. The van der Waals surface area contributed by atoms with E-state index in [-0.39, 0.29) is 33.0 Å². The maximum Gasteiger partial charge on any atom is 0.329 e. The Morgan fingerprint density at radius 2 is 1.15 bits per heavy atom. The normalized spacial score (nSPS) is 10.9. The highest BCUT2D eigenvalue weighted by molar-refractivity contribution is 5.72. The largest absolute Gasteiger partial charge is 0.480 e. The van der Waals surface area contributed by atoms with Crippen LogP contribution in [0.3, 0.4) is 0 Å². The second kappa shape index (κ2) is 11.4. The number of carboxylic acids is 1. The van der Waals surface area contributed by atoms with E-state index >= 15 is 0 Å². The third-order valence-corrected chi connectivity index (χ3v) is 2.81. The number of carboxylic acid groups (broad SMARTS) is 1. The van der Waals surface area contributed by atoms with Gasteiger partial charge in [0.2, 0.25) is 34.8 Å². The lowest BCUT2D eigenvalue weighted by atomic mass is 10.2. The van der Waals surface area contributed by atoms with Crippen molar-refractivity contribution >= 4 is 11.9 Å². The molecule has 0 fully saturated rings. The molecule has 0 heterocycles. The van der Waals surface area contributed by atoms with Gasteiger partial charge in [-0.3, -0.25) is 4.79 Å². The first-order chi connectivity index (χ1) is 12.8. The van der Waals surface area contributed by atoms with Gasteiger partial charge in [0.25, 0.3) is 0 Å². The number of rotatable bonds is 12. The quantitative estimate of drug-likeness (QED) is 0.142. The van der Waals surface area contributed by atoms with E-state index in [4.69, 9.17) is 14.6 Å². The van der Waals surface area contributed by atoms with Crippen molar-refractivity contribution in [2.45, 2.75) is 6.42 Å². The van der Waals surface area contributed by atoms with Crippen LogP contribution in [0.15, 0.2) is 0 Å². The predicted molar refractivity (Wildman–Crippen MR) is 76.6 cm³/mol. The average Bonchev–Trinajstić information content (AvgIpc) is 2.63. The van der Waals surface area contributed by atoms with Gasteiger partial charge in [-0.2, -0.15) is 8.78 Å². The molecule has 0 bridgehead atoms. The topological polar surface area (TPSA) is 91.3 Å². The minimum absolute atomic E-state index is 0.0226. The Kier molecular flexibility index (Phi) is 9.61. The summed E-state index contributed by atoms with van der Waals surface area (Å²) in [5.74, 6) is -15.4. The van der Waals surface area contributed by atoms with Crippen molar-refractivity contribution < 1.29 is 55.6 Å². The lowest BCUT2D eigenvalue weighted by Crippen LogP contribution is -2.16. The number of benzene rings is 1. The van der Waals surface area contributed by atoms with Crippen LogP contribution < -0.4 is 4.74 Å². The van der Waals surface area contributed by atoms with E-state index in [0.29, 0.717) is 0 Å². The van der Waals surface area contributed by atoms with Crippen LogP contribution in [0, 0.1) is 29.1 Å². The van der Waals surface area contributed by atoms with Gasteiger partial charge in [0.15, 0.2) is 0 Å². The van der Waals surface area contributed by atoms with Crippen LogP contribution >= 0.6 is 0 Å². The van der Waals surface area contributed by atoms with Gasteiger partial charge in [0.1, 0.15) is 6.61 Å². The van der Waals surface area contributed by atoms with Gasteiger partial charge in [-0.15, -0.1) is 0 Å². The van der Waals surface area contributed by atoms with Crippen LogP contribution in [0.5, 0.6) is 5.75 Å². The molecule has 0 aromatic heterocycles. The molecule has 0 aliphatic rings. The van der Waals surface area contributed by atoms with Crippen molar-refractivity contribution in [3.63, 3.8) is 0 Å². The summed E-state index contributed by atoms with van der Waals surface area (Å²) < 4.78 is 84.3. The Hall–Kier alpha value is -2.31. The summed E-state index contributed by atoms with van der Waals surface area (Å²) in [6.07, 6.45) is -0.513. The Balaban J connectivity index is 2.25. The van der Waals surface area contributed by atoms with Crippen molar-refractivity contribution in [2.24, 2.45) is 0 Å². The number of esters is 1. The minimum atomic E-state index is -2.36. The second-order valence-corrected chi connectivity index (χ2v) is 4.79. The third-order valence-electron chi connectivity index (χ3n) is 2.81. The fraction of sp³-hybridized carbons (Fsp3) is 0.467. The van der Waals surface area contributed by atoms with Gasteiger partial charge >= 0.3 is 11.9 Å². The molecule has 1 rings (SSSR count). The summed E-state index contributed by atoms with van der Waals surface area (Å²) in [5.41, 5.74) is 0. The van der Waals surface area contributed by atoms with Gasteiger partial charge in [-0.05, 0) is 0 Å². The number of aliphatic carboxylic acids is 1. The first-order valence-electron chi connectivity index (χ1n) is 7.42. The third kappa shape index (κ3) is 7.45. The van der Waals surface area contributed by atoms with E-state index in [2.05, 4.69) is 9.47 Å². The van der Waals surface area contributed by atoms with E-state index in [0.717, 1.165) is 0 Å². The molecule has 1 aromatic rings. The first kappa shape index (κ1) is 22.7. The molecular weight excluding hydrogens is 387 g/mol. The molecule has 152 valence electrons. The molecule has 1 N–H and O–H groups in total. The molecule has 0 aliphatic heterocycles. The van der Waals surface area contributed by atoms with E-state index in [1.807, 2.05) is 0 Å². The lowest BCUT2D eigenvalue weighted by Gasteiger charge is -2.09. The molecule has 0 amide bonds. The Morgan fingerprint density at radius 1 is 0.704 bits per heavy atom. The van der Waals surface area contributed by atoms with Gasteiger partial charge in [-0.1, -0.05) is 0 Å². The van der Waals surface area contributed by atoms with E-state index in [1.165, 1.54) is 0 Å². The summed E-state index contributed by atoms with van der Waals surface area (Å²) in [5, 5.41) is 8.30. The van der Waals surface area contributed by atoms with Crippen LogP contribution in [0.1, 0.15) is 6.42 Å².